The molecule has 6 nitrogen and oxygen atoms in total. The zero-order valence-corrected chi connectivity index (χ0v) is 18.6. The maximum absolute atomic E-state index is 12.6. The highest BCUT2D eigenvalue weighted by Gasteiger charge is 2.25. The van der Waals surface area contributed by atoms with Gasteiger partial charge in [0.05, 0.1) is 12.2 Å². The van der Waals surface area contributed by atoms with Crippen LogP contribution in [0.5, 0.6) is 0 Å². The van der Waals surface area contributed by atoms with Crippen LogP contribution >= 0.6 is 11.6 Å². The van der Waals surface area contributed by atoms with Crippen LogP contribution in [-0.4, -0.2) is 39.6 Å². The van der Waals surface area contributed by atoms with Gasteiger partial charge in [-0.1, -0.05) is 37.6 Å². The summed E-state index contributed by atoms with van der Waals surface area (Å²) >= 11 is 5.91. The zero-order chi connectivity index (χ0) is 21.5. The van der Waals surface area contributed by atoms with Crippen LogP contribution < -0.4 is 5.32 Å². The number of halogens is 1. The van der Waals surface area contributed by atoms with Gasteiger partial charge in [0.2, 0.25) is 11.8 Å². The minimum Gasteiger partial charge on any atom is -0.343 e. The number of piperidine rings is 1. The van der Waals surface area contributed by atoms with Crippen molar-refractivity contribution in [1.29, 1.82) is 0 Å². The van der Waals surface area contributed by atoms with Crippen molar-refractivity contribution in [2.75, 3.05) is 18.4 Å². The Bertz CT molecular complexity index is 839. The van der Waals surface area contributed by atoms with Crippen LogP contribution in [0, 0.1) is 5.92 Å². The fourth-order valence-corrected chi connectivity index (χ4v) is 4.01. The van der Waals surface area contributed by atoms with E-state index in [9.17, 15) is 9.59 Å². The summed E-state index contributed by atoms with van der Waals surface area (Å²) in [6.45, 7) is 5.51. The molecule has 0 radical (unpaired) electrons. The first-order valence-corrected chi connectivity index (χ1v) is 11.2. The number of nitrogens with zero attached hydrogens (tertiary/aromatic N) is 3. The second-order valence-corrected chi connectivity index (χ2v) is 8.84. The third-order valence-corrected chi connectivity index (χ3v) is 5.72. The maximum Gasteiger partial charge on any atom is 0.225 e. The Labute approximate surface area is 183 Å². The molecule has 1 aliphatic rings. The number of nitrogens with one attached hydrogen (secondary N) is 1. The van der Waals surface area contributed by atoms with Crippen LogP contribution in [0.3, 0.4) is 0 Å². The molecule has 0 atom stereocenters. The number of aryl methyl sites for hydroxylation is 1. The van der Waals surface area contributed by atoms with Crippen LogP contribution in [0.2, 0.25) is 5.02 Å². The first kappa shape index (κ1) is 22.3. The van der Waals surface area contributed by atoms with Crippen molar-refractivity contribution in [1.82, 2.24) is 14.7 Å². The number of likely N-dealkylation sites (tertiary alicyclic amines) is 1. The molecule has 7 heteroatoms. The quantitative estimate of drug-likeness (QED) is 0.659. The van der Waals surface area contributed by atoms with Gasteiger partial charge in [-0.05, 0) is 49.3 Å². The molecule has 2 aromatic rings. The largest absolute Gasteiger partial charge is 0.343 e. The molecule has 0 aliphatic carbocycles. The smallest absolute Gasteiger partial charge is 0.225 e. The molecule has 162 valence electrons. The summed E-state index contributed by atoms with van der Waals surface area (Å²) in [5.74, 6) is 1.29. The van der Waals surface area contributed by atoms with E-state index in [1.54, 1.807) is 6.20 Å². The van der Waals surface area contributed by atoms with Gasteiger partial charge in [0.25, 0.3) is 0 Å². The lowest BCUT2D eigenvalue weighted by Crippen LogP contribution is -2.39. The molecule has 3 rings (SSSR count). The highest BCUT2D eigenvalue weighted by atomic mass is 35.5. The Morgan fingerprint density at radius 2 is 1.87 bits per heavy atom. The lowest BCUT2D eigenvalue weighted by molar-refractivity contribution is -0.132. The summed E-state index contributed by atoms with van der Waals surface area (Å²) in [4.78, 5) is 26.6. The van der Waals surface area contributed by atoms with E-state index < -0.39 is 0 Å². The van der Waals surface area contributed by atoms with Gasteiger partial charge in [-0.2, -0.15) is 5.10 Å². The van der Waals surface area contributed by atoms with E-state index in [4.69, 9.17) is 11.6 Å². The maximum atomic E-state index is 12.6. The topological polar surface area (TPSA) is 67.2 Å². The van der Waals surface area contributed by atoms with Crippen LogP contribution in [0.15, 0.2) is 36.5 Å². The van der Waals surface area contributed by atoms with Gasteiger partial charge in [0.15, 0.2) is 0 Å². The Morgan fingerprint density at radius 1 is 1.17 bits per heavy atom. The number of benzene rings is 1. The number of anilines is 1. The van der Waals surface area contributed by atoms with E-state index in [-0.39, 0.29) is 17.9 Å². The third-order valence-electron chi connectivity index (χ3n) is 5.46. The van der Waals surface area contributed by atoms with E-state index in [1.807, 2.05) is 53.8 Å². The second kappa shape index (κ2) is 10.6. The zero-order valence-electron chi connectivity index (χ0n) is 17.8. The molecule has 2 heterocycles. The Balaban J connectivity index is 1.44. The monoisotopic (exact) mass is 430 g/mol. The fourth-order valence-electron chi connectivity index (χ4n) is 3.88. The van der Waals surface area contributed by atoms with Gasteiger partial charge in [-0.25, -0.2) is 4.68 Å². The molecule has 1 aromatic carbocycles. The first-order chi connectivity index (χ1) is 14.4. The van der Waals surface area contributed by atoms with Crippen molar-refractivity contribution in [3.63, 3.8) is 0 Å². The molecule has 0 bridgehead atoms. The predicted octanol–water partition coefficient (Wildman–Crippen LogP) is 4.71. The van der Waals surface area contributed by atoms with Gasteiger partial charge in [-0.3, -0.25) is 9.59 Å². The number of carbonyl (C=O) groups excluding carboxylic acids is 2. The Hall–Kier alpha value is -2.34. The molecular weight excluding hydrogens is 400 g/mol. The van der Waals surface area contributed by atoms with E-state index in [0.717, 1.165) is 49.6 Å². The summed E-state index contributed by atoms with van der Waals surface area (Å²) in [6.07, 6.45) is 6.19. The van der Waals surface area contributed by atoms with Crippen LogP contribution in [0.25, 0.3) is 0 Å². The third kappa shape index (κ3) is 6.33. The van der Waals surface area contributed by atoms with Gasteiger partial charge < -0.3 is 10.2 Å². The van der Waals surface area contributed by atoms with Crippen molar-refractivity contribution >= 4 is 29.2 Å². The molecule has 0 saturated carbocycles. The molecule has 0 unspecified atom stereocenters. The lowest BCUT2D eigenvalue weighted by atomic mass is 10.0. The molecule has 1 aliphatic heterocycles. The number of hydrogen-bond acceptors (Lipinski definition) is 3. The summed E-state index contributed by atoms with van der Waals surface area (Å²) < 4.78 is 1.90. The Morgan fingerprint density at radius 3 is 2.53 bits per heavy atom. The van der Waals surface area contributed by atoms with E-state index >= 15 is 0 Å². The van der Waals surface area contributed by atoms with Gasteiger partial charge >= 0.3 is 0 Å². The van der Waals surface area contributed by atoms with E-state index in [1.165, 1.54) is 5.56 Å². The molecule has 1 saturated heterocycles. The summed E-state index contributed by atoms with van der Waals surface area (Å²) in [7, 11) is 0. The second-order valence-electron chi connectivity index (χ2n) is 8.40. The minimum atomic E-state index is 0.0139. The van der Waals surface area contributed by atoms with Gasteiger partial charge in [0, 0.05) is 37.0 Å². The molecule has 1 aromatic heterocycles. The molecule has 30 heavy (non-hydrogen) atoms. The predicted molar refractivity (Wildman–Crippen MR) is 120 cm³/mol. The summed E-state index contributed by atoms with van der Waals surface area (Å²) in [5.41, 5.74) is 1.21. The summed E-state index contributed by atoms with van der Waals surface area (Å²) in [6, 6.07) is 9.84. The minimum absolute atomic E-state index is 0.0139. The molecule has 2 amide bonds. The Kier molecular flexibility index (Phi) is 7.91. The fraction of sp³-hybridized carbons (Fsp3) is 0.522. The molecule has 0 spiro atoms. The van der Waals surface area contributed by atoms with E-state index in [0.29, 0.717) is 18.8 Å². The first-order valence-electron chi connectivity index (χ1n) is 10.8. The molecular formula is C23H31ClN4O2. The SMILES string of the molecule is CC(C)CC(=O)Nc1ccnn1C1CCN(C(=O)CCCc2ccc(Cl)cc2)CC1. The van der Waals surface area contributed by atoms with Gasteiger partial charge in [-0.15, -0.1) is 0 Å². The molecule has 1 fully saturated rings. The van der Waals surface area contributed by atoms with Crippen molar-refractivity contribution < 1.29 is 9.59 Å². The average molecular weight is 431 g/mol. The number of hydrogen-bond donors (Lipinski definition) is 1. The number of aromatic nitrogens is 2. The van der Waals surface area contributed by atoms with Crippen molar-refractivity contribution in [2.45, 2.75) is 58.4 Å². The van der Waals surface area contributed by atoms with Crippen LogP contribution in [0.1, 0.15) is 57.6 Å². The standard InChI is InChI=1S/C23H31ClN4O2/c1-17(2)16-22(29)26-21-10-13-25-28(21)20-11-14-27(15-12-20)23(30)5-3-4-18-6-8-19(24)9-7-18/h6-10,13,17,20H,3-5,11-12,14-16H2,1-2H3,(H,26,29). The number of amides is 2. The molecule has 1 N–H and O–H groups in total. The van der Waals surface area contributed by atoms with Crippen molar-refractivity contribution in [2.24, 2.45) is 5.92 Å². The van der Waals surface area contributed by atoms with Gasteiger partial charge in [0.1, 0.15) is 5.82 Å². The average Bonchev–Trinajstić information content (AvgIpc) is 3.17. The van der Waals surface area contributed by atoms with E-state index in [2.05, 4.69) is 10.4 Å². The highest BCUT2D eigenvalue weighted by Crippen LogP contribution is 2.26. The number of carbonyl (C=O) groups is 2. The highest BCUT2D eigenvalue weighted by molar-refractivity contribution is 6.30. The van der Waals surface area contributed by atoms with Crippen LogP contribution in [-0.2, 0) is 16.0 Å². The van der Waals surface area contributed by atoms with Crippen LogP contribution in [0.4, 0.5) is 5.82 Å². The summed E-state index contributed by atoms with van der Waals surface area (Å²) in [5, 5.41) is 8.13. The van der Waals surface area contributed by atoms with Crippen molar-refractivity contribution in [3.05, 3.63) is 47.1 Å². The lowest BCUT2D eigenvalue weighted by Gasteiger charge is -2.33. The normalized spacial score (nSPS) is 14.9. The number of rotatable bonds is 8. The van der Waals surface area contributed by atoms with Crippen molar-refractivity contribution in [3.8, 4) is 0 Å².